The molecule has 1 aromatic carbocycles. The largest absolute Gasteiger partial charge is 0.264 e. The molecule has 0 atom stereocenters. The first-order chi connectivity index (χ1) is 8.33. The second-order valence-corrected chi connectivity index (χ2v) is 4.26. The van der Waals surface area contributed by atoms with Crippen molar-refractivity contribution < 1.29 is 4.39 Å². The second-order valence-electron chi connectivity index (χ2n) is 4.26. The zero-order valence-electron chi connectivity index (χ0n) is 9.77. The number of rotatable bonds is 1. The van der Waals surface area contributed by atoms with Gasteiger partial charge in [-0.05, 0) is 59.4 Å². The smallest absolute Gasteiger partial charge is 0.123 e. The molecule has 1 aromatic heterocycles. The SMILES string of the molecule is Cl.Fc1ccc2c(c1)CCC2=Cc1cccnc1. The van der Waals surface area contributed by atoms with E-state index in [1.807, 2.05) is 24.4 Å². The van der Waals surface area contributed by atoms with Crippen molar-refractivity contribution in [2.45, 2.75) is 12.8 Å². The van der Waals surface area contributed by atoms with E-state index < -0.39 is 0 Å². The number of fused-ring (bicyclic) bond motifs is 1. The molecule has 1 nitrogen and oxygen atoms in total. The minimum Gasteiger partial charge on any atom is -0.264 e. The molecule has 0 fully saturated rings. The average molecular weight is 262 g/mol. The van der Waals surface area contributed by atoms with Gasteiger partial charge in [0.1, 0.15) is 5.82 Å². The fourth-order valence-electron chi connectivity index (χ4n) is 2.30. The van der Waals surface area contributed by atoms with Gasteiger partial charge in [-0.2, -0.15) is 0 Å². The van der Waals surface area contributed by atoms with Gasteiger partial charge in [-0.1, -0.05) is 12.1 Å². The van der Waals surface area contributed by atoms with Crippen LogP contribution >= 0.6 is 12.4 Å². The van der Waals surface area contributed by atoms with Crippen LogP contribution in [0.15, 0.2) is 42.7 Å². The van der Waals surface area contributed by atoms with Gasteiger partial charge in [0.2, 0.25) is 0 Å². The van der Waals surface area contributed by atoms with Gasteiger partial charge in [0.05, 0.1) is 0 Å². The van der Waals surface area contributed by atoms with Crippen LogP contribution < -0.4 is 0 Å². The number of aromatic nitrogens is 1. The van der Waals surface area contributed by atoms with E-state index in [9.17, 15) is 4.39 Å². The molecule has 0 spiro atoms. The molecular weight excluding hydrogens is 249 g/mol. The number of nitrogens with zero attached hydrogens (tertiary/aromatic N) is 1. The maximum Gasteiger partial charge on any atom is 0.123 e. The lowest BCUT2D eigenvalue weighted by Gasteiger charge is -2.01. The van der Waals surface area contributed by atoms with Crippen LogP contribution in [0.5, 0.6) is 0 Å². The van der Waals surface area contributed by atoms with Crippen LogP contribution in [0.2, 0.25) is 0 Å². The number of hydrogen-bond acceptors (Lipinski definition) is 1. The lowest BCUT2D eigenvalue weighted by molar-refractivity contribution is 0.626. The number of pyridine rings is 1. The topological polar surface area (TPSA) is 12.9 Å². The molecule has 0 radical (unpaired) electrons. The van der Waals surface area contributed by atoms with Gasteiger partial charge in [0.25, 0.3) is 0 Å². The van der Waals surface area contributed by atoms with Gasteiger partial charge in [-0.25, -0.2) is 4.39 Å². The first-order valence-electron chi connectivity index (χ1n) is 5.72. The molecule has 0 amide bonds. The van der Waals surface area contributed by atoms with Gasteiger partial charge in [-0.3, -0.25) is 4.98 Å². The summed E-state index contributed by atoms with van der Waals surface area (Å²) in [7, 11) is 0. The van der Waals surface area contributed by atoms with E-state index in [4.69, 9.17) is 0 Å². The quantitative estimate of drug-likeness (QED) is 0.752. The standard InChI is InChI=1S/C15H12FN.ClH/c16-14-5-6-15-12(3-4-13(15)9-14)8-11-2-1-7-17-10-11;/h1-2,5-10H,3-4H2;1H. The normalized spacial score (nSPS) is 15.3. The zero-order valence-corrected chi connectivity index (χ0v) is 10.6. The average Bonchev–Trinajstić information content (AvgIpc) is 2.73. The van der Waals surface area contributed by atoms with E-state index in [1.165, 1.54) is 17.2 Å². The maximum atomic E-state index is 13.1. The molecule has 0 N–H and O–H groups in total. The minimum atomic E-state index is -0.147. The summed E-state index contributed by atoms with van der Waals surface area (Å²) in [5.74, 6) is -0.147. The highest BCUT2D eigenvalue weighted by Crippen LogP contribution is 2.33. The zero-order chi connectivity index (χ0) is 11.7. The minimum absolute atomic E-state index is 0. The molecule has 1 heterocycles. The monoisotopic (exact) mass is 261 g/mol. The van der Waals surface area contributed by atoms with Crippen LogP contribution in [0.4, 0.5) is 4.39 Å². The van der Waals surface area contributed by atoms with Crippen molar-refractivity contribution in [3.63, 3.8) is 0 Å². The summed E-state index contributed by atoms with van der Waals surface area (Å²) in [6.07, 6.45) is 7.65. The predicted octanol–water partition coefficient (Wildman–Crippen LogP) is 4.13. The molecule has 0 unspecified atom stereocenters. The molecule has 0 saturated heterocycles. The molecule has 0 aliphatic heterocycles. The van der Waals surface area contributed by atoms with Crippen molar-refractivity contribution in [3.8, 4) is 0 Å². The van der Waals surface area contributed by atoms with Gasteiger partial charge in [0.15, 0.2) is 0 Å². The highest BCUT2D eigenvalue weighted by Gasteiger charge is 2.16. The van der Waals surface area contributed by atoms with Crippen molar-refractivity contribution in [1.29, 1.82) is 0 Å². The van der Waals surface area contributed by atoms with Crippen molar-refractivity contribution >= 4 is 24.1 Å². The Hall–Kier alpha value is -1.67. The van der Waals surface area contributed by atoms with Crippen LogP contribution in [0.3, 0.4) is 0 Å². The van der Waals surface area contributed by atoms with Crippen molar-refractivity contribution in [3.05, 3.63) is 65.2 Å². The van der Waals surface area contributed by atoms with E-state index in [0.717, 1.165) is 24.0 Å². The van der Waals surface area contributed by atoms with Crippen molar-refractivity contribution in [2.75, 3.05) is 0 Å². The number of aryl methyl sites for hydroxylation is 1. The summed E-state index contributed by atoms with van der Waals surface area (Å²) < 4.78 is 13.1. The van der Waals surface area contributed by atoms with Crippen LogP contribution in [0.25, 0.3) is 11.6 Å². The molecule has 3 heteroatoms. The summed E-state index contributed by atoms with van der Waals surface area (Å²) in [4.78, 5) is 4.09. The number of allylic oxidation sites excluding steroid dienone is 1. The Bertz CT molecular complexity index is 578. The number of halogens is 2. The summed E-state index contributed by atoms with van der Waals surface area (Å²) in [6, 6.07) is 8.99. The first kappa shape index (κ1) is 12.8. The molecule has 2 aromatic rings. The Morgan fingerprint density at radius 3 is 2.83 bits per heavy atom. The number of hydrogen-bond donors (Lipinski definition) is 0. The van der Waals surface area contributed by atoms with Gasteiger partial charge in [-0.15, -0.1) is 12.4 Å². The van der Waals surface area contributed by atoms with Crippen molar-refractivity contribution in [2.24, 2.45) is 0 Å². The molecule has 0 saturated carbocycles. The van der Waals surface area contributed by atoms with E-state index in [-0.39, 0.29) is 18.2 Å². The van der Waals surface area contributed by atoms with Gasteiger partial charge in [0, 0.05) is 12.4 Å². The van der Waals surface area contributed by atoms with Crippen LogP contribution in [-0.4, -0.2) is 4.98 Å². The van der Waals surface area contributed by atoms with E-state index in [1.54, 1.807) is 12.3 Å². The van der Waals surface area contributed by atoms with E-state index in [0.29, 0.717) is 0 Å². The van der Waals surface area contributed by atoms with Crippen LogP contribution in [0.1, 0.15) is 23.1 Å². The lowest BCUT2D eigenvalue weighted by atomic mass is 10.1. The predicted molar refractivity (Wildman–Crippen MR) is 74.1 cm³/mol. The molecular formula is C15H13ClFN. The molecule has 92 valence electrons. The third kappa shape index (κ3) is 2.44. The third-order valence-corrected chi connectivity index (χ3v) is 3.10. The van der Waals surface area contributed by atoms with Gasteiger partial charge >= 0.3 is 0 Å². The molecule has 1 aliphatic rings. The van der Waals surface area contributed by atoms with Crippen LogP contribution in [-0.2, 0) is 6.42 Å². The van der Waals surface area contributed by atoms with E-state index in [2.05, 4.69) is 11.1 Å². The van der Waals surface area contributed by atoms with Crippen molar-refractivity contribution in [1.82, 2.24) is 4.98 Å². The first-order valence-corrected chi connectivity index (χ1v) is 5.72. The molecule has 18 heavy (non-hydrogen) atoms. The van der Waals surface area contributed by atoms with Crippen LogP contribution in [0, 0.1) is 5.82 Å². The third-order valence-electron chi connectivity index (χ3n) is 3.10. The van der Waals surface area contributed by atoms with E-state index >= 15 is 0 Å². The summed E-state index contributed by atoms with van der Waals surface area (Å²) in [5.41, 5.74) is 4.66. The highest BCUT2D eigenvalue weighted by atomic mass is 35.5. The maximum absolute atomic E-state index is 13.1. The molecule has 1 aliphatic carbocycles. The summed E-state index contributed by atoms with van der Waals surface area (Å²) in [5, 5.41) is 0. The lowest BCUT2D eigenvalue weighted by Crippen LogP contribution is -1.83. The fourth-order valence-corrected chi connectivity index (χ4v) is 2.30. The Balaban J connectivity index is 0.00000120. The Labute approximate surface area is 112 Å². The Morgan fingerprint density at radius 1 is 1.17 bits per heavy atom. The fraction of sp³-hybridized carbons (Fsp3) is 0.133. The molecule has 3 rings (SSSR count). The highest BCUT2D eigenvalue weighted by molar-refractivity contribution is 5.85. The summed E-state index contributed by atoms with van der Waals surface area (Å²) in [6.45, 7) is 0. The van der Waals surface area contributed by atoms with Gasteiger partial charge < -0.3 is 0 Å². The Kier molecular flexibility index (Phi) is 3.78. The Morgan fingerprint density at radius 2 is 2.06 bits per heavy atom. The number of benzene rings is 1. The summed E-state index contributed by atoms with van der Waals surface area (Å²) >= 11 is 0. The molecule has 0 bridgehead atoms. The second kappa shape index (κ2) is 5.32.